The van der Waals surface area contributed by atoms with Gasteiger partial charge in [0.05, 0.1) is 0 Å². The van der Waals surface area contributed by atoms with Gasteiger partial charge in [-0.2, -0.15) is 4.98 Å². The van der Waals surface area contributed by atoms with E-state index < -0.39 is 0 Å². The van der Waals surface area contributed by atoms with E-state index in [1.165, 1.54) is 9.13 Å². The van der Waals surface area contributed by atoms with Crippen LogP contribution >= 0.6 is 15.9 Å². The summed E-state index contributed by atoms with van der Waals surface area (Å²) in [5.41, 5.74) is 1.41. The third-order valence-electron chi connectivity index (χ3n) is 5.03. The molecule has 1 aliphatic rings. The number of nitrogens with zero attached hydrogens (tertiary/aromatic N) is 5. The highest BCUT2D eigenvalue weighted by atomic mass is 79.9. The first kappa shape index (κ1) is 18.0. The molecule has 1 aliphatic heterocycles. The van der Waals surface area contributed by atoms with E-state index >= 15 is 0 Å². The van der Waals surface area contributed by atoms with Crippen LogP contribution in [-0.4, -0.2) is 25.2 Å². The third-order valence-corrected chi connectivity index (χ3v) is 5.56. The van der Waals surface area contributed by atoms with Crippen LogP contribution in [0.15, 0.2) is 38.3 Å². The summed E-state index contributed by atoms with van der Waals surface area (Å²) >= 11 is 3.47. The van der Waals surface area contributed by atoms with Gasteiger partial charge < -0.3 is 9.47 Å². The zero-order valence-corrected chi connectivity index (χ0v) is 17.2. The smallest absolute Gasteiger partial charge is 0.312 e. The quantitative estimate of drug-likeness (QED) is 0.639. The first-order chi connectivity index (χ1) is 12.9. The molecule has 1 aromatic carbocycles. The molecule has 142 valence electrons. The van der Waals surface area contributed by atoms with Gasteiger partial charge in [0, 0.05) is 36.8 Å². The Morgan fingerprint density at radius 3 is 2.56 bits per heavy atom. The third kappa shape index (κ3) is 2.82. The molecule has 0 radical (unpaired) electrons. The van der Waals surface area contributed by atoms with Gasteiger partial charge in [-0.3, -0.25) is 13.9 Å². The van der Waals surface area contributed by atoms with Crippen LogP contribution in [0.1, 0.15) is 20.3 Å². The molecule has 0 amide bonds. The molecular weight excluding hydrogens is 410 g/mol. The molecule has 4 rings (SSSR count). The van der Waals surface area contributed by atoms with Gasteiger partial charge in [0.25, 0.3) is 5.56 Å². The zero-order valence-electron chi connectivity index (χ0n) is 15.6. The molecule has 1 atom stereocenters. The Balaban J connectivity index is 2.00. The number of aromatic nitrogens is 4. The average molecular weight is 432 g/mol. The lowest BCUT2D eigenvalue weighted by Crippen LogP contribution is -2.40. The maximum Gasteiger partial charge on any atom is 0.332 e. The lowest BCUT2D eigenvalue weighted by atomic mass is 10.1. The van der Waals surface area contributed by atoms with Crippen molar-refractivity contribution in [3.05, 3.63) is 49.6 Å². The second kappa shape index (κ2) is 6.67. The maximum atomic E-state index is 13.1. The number of rotatable bonds is 3. The van der Waals surface area contributed by atoms with E-state index in [4.69, 9.17) is 4.98 Å². The lowest BCUT2D eigenvalue weighted by Gasteiger charge is -2.33. The Labute approximate surface area is 165 Å². The van der Waals surface area contributed by atoms with Gasteiger partial charge in [0.2, 0.25) is 5.95 Å². The van der Waals surface area contributed by atoms with Crippen molar-refractivity contribution >= 4 is 38.7 Å². The van der Waals surface area contributed by atoms with Crippen molar-refractivity contribution in [2.75, 3.05) is 11.4 Å². The Bertz CT molecular complexity index is 1130. The van der Waals surface area contributed by atoms with Gasteiger partial charge >= 0.3 is 5.69 Å². The maximum absolute atomic E-state index is 13.1. The number of hydrogen-bond donors (Lipinski definition) is 0. The summed E-state index contributed by atoms with van der Waals surface area (Å²) < 4.78 is 5.79. The summed E-state index contributed by atoms with van der Waals surface area (Å²) in [5.74, 6) is 1.06. The van der Waals surface area contributed by atoms with Crippen LogP contribution in [0.5, 0.6) is 0 Å². The van der Waals surface area contributed by atoms with Crippen molar-refractivity contribution < 1.29 is 0 Å². The fraction of sp³-hybridized carbons (Fsp3) is 0.421. The molecule has 2 aromatic heterocycles. The van der Waals surface area contributed by atoms with E-state index in [0.717, 1.165) is 23.1 Å². The second-order valence-corrected chi connectivity index (χ2v) is 8.10. The van der Waals surface area contributed by atoms with Gasteiger partial charge in [-0.05, 0) is 36.6 Å². The zero-order chi connectivity index (χ0) is 19.3. The minimum absolute atomic E-state index is 0.251. The topological polar surface area (TPSA) is 65.1 Å². The molecule has 0 saturated heterocycles. The minimum atomic E-state index is -0.312. The Morgan fingerprint density at radius 2 is 1.89 bits per heavy atom. The normalized spacial score (nSPS) is 16.7. The van der Waals surface area contributed by atoms with Gasteiger partial charge in [0.15, 0.2) is 11.2 Å². The highest BCUT2D eigenvalue weighted by Crippen LogP contribution is 2.33. The number of fused-ring (bicyclic) bond motifs is 3. The van der Waals surface area contributed by atoms with Crippen molar-refractivity contribution in [3.63, 3.8) is 0 Å². The number of benzene rings is 1. The van der Waals surface area contributed by atoms with Crippen LogP contribution in [0, 0.1) is 5.92 Å². The highest BCUT2D eigenvalue weighted by Gasteiger charge is 2.29. The Hall–Kier alpha value is -2.35. The van der Waals surface area contributed by atoms with Crippen LogP contribution in [0.2, 0.25) is 0 Å². The average Bonchev–Trinajstić information content (AvgIpc) is 3.03. The molecular formula is C19H22BrN5O2. The molecule has 8 heteroatoms. The van der Waals surface area contributed by atoms with Gasteiger partial charge in [-0.15, -0.1) is 0 Å². The molecule has 0 unspecified atom stereocenters. The molecule has 0 fully saturated rings. The lowest BCUT2D eigenvalue weighted by molar-refractivity contribution is 0.457. The van der Waals surface area contributed by atoms with Crippen LogP contribution < -0.4 is 16.1 Å². The van der Waals surface area contributed by atoms with E-state index in [1.807, 2.05) is 35.8 Å². The SMILES string of the molecule is CCCn1c(=O)c2c(nc3n2C[C@@H](C)CN3c2ccc(Br)cc2)n(C)c1=O. The van der Waals surface area contributed by atoms with Crippen LogP contribution in [-0.2, 0) is 20.1 Å². The van der Waals surface area contributed by atoms with Crippen molar-refractivity contribution in [2.45, 2.75) is 33.4 Å². The van der Waals surface area contributed by atoms with Crippen LogP contribution in [0.25, 0.3) is 11.2 Å². The monoisotopic (exact) mass is 431 g/mol. The number of halogens is 1. The van der Waals surface area contributed by atoms with Crippen molar-refractivity contribution in [1.29, 1.82) is 0 Å². The first-order valence-corrected chi connectivity index (χ1v) is 9.94. The molecule has 7 nitrogen and oxygen atoms in total. The largest absolute Gasteiger partial charge is 0.332 e. The van der Waals surface area contributed by atoms with Crippen LogP contribution in [0.3, 0.4) is 0 Å². The first-order valence-electron chi connectivity index (χ1n) is 9.15. The minimum Gasteiger partial charge on any atom is -0.312 e. The fourth-order valence-electron chi connectivity index (χ4n) is 3.76. The van der Waals surface area contributed by atoms with Crippen molar-refractivity contribution in [2.24, 2.45) is 13.0 Å². The molecule has 27 heavy (non-hydrogen) atoms. The van der Waals surface area contributed by atoms with Crippen molar-refractivity contribution in [1.82, 2.24) is 18.7 Å². The van der Waals surface area contributed by atoms with E-state index in [2.05, 4.69) is 27.8 Å². The highest BCUT2D eigenvalue weighted by molar-refractivity contribution is 9.10. The predicted molar refractivity (Wildman–Crippen MR) is 110 cm³/mol. The molecule has 0 bridgehead atoms. The Kier molecular flexibility index (Phi) is 4.46. The van der Waals surface area contributed by atoms with Gasteiger partial charge in [-0.25, -0.2) is 4.79 Å². The van der Waals surface area contributed by atoms with E-state index in [0.29, 0.717) is 36.1 Å². The second-order valence-electron chi connectivity index (χ2n) is 7.19. The molecule has 0 spiro atoms. The Morgan fingerprint density at radius 1 is 1.19 bits per heavy atom. The van der Waals surface area contributed by atoms with E-state index in [1.54, 1.807) is 7.05 Å². The predicted octanol–water partition coefficient (Wildman–Crippen LogP) is 2.86. The van der Waals surface area contributed by atoms with E-state index in [9.17, 15) is 9.59 Å². The molecule has 0 saturated carbocycles. The molecule has 0 N–H and O–H groups in total. The number of imidazole rings is 1. The standard InChI is InChI=1S/C19H22BrN5O2/c1-4-9-23-17(26)15-16(22(3)19(23)27)21-18-24(10-12(2)11-25(15)18)14-7-5-13(20)6-8-14/h5-8,12H,4,9-11H2,1-3H3/t12-/m0/s1. The van der Waals surface area contributed by atoms with Crippen molar-refractivity contribution in [3.8, 4) is 0 Å². The number of anilines is 2. The fourth-order valence-corrected chi connectivity index (χ4v) is 4.03. The summed E-state index contributed by atoms with van der Waals surface area (Å²) in [7, 11) is 1.68. The summed E-state index contributed by atoms with van der Waals surface area (Å²) in [6.45, 7) is 6.04. The number of aryl methyl sites for hydroxylation is 1. The van der Waals surface area contributed by atoms with Crippen LogP contribution in [0.4, 0.5) is 11.6 Å². The molecule has 0 aliphatic carbocycles. The van der Waals surface area contributed by atoms with E-state index in [-0.39, 0.29) is 11.2 Å². The summed E-state index contributed by atoms with van der Waals surface area (Å²) in [6, 6.07) is 8.04. The van der Waals surface area contributed by atoms with Gasteiger partial charge in [0.1, 0.15) is 0 Å². The van der Waals surface area contributed by atoms with Gasteiger partial charge in [-0.1, -0.05) is 29.8 Å². The molecule has 3 aromatic rings. The summed E-state index contributed by atoms with van der Waals surface area (Å²) in [5, 5.41) is 0. The number of hydrogen-bond acceptors (Lipinski definition) is 4. The molecule has 3 heterocycles. The summed E-state index contributed by atoms with van der Waals surface area (Å²) in [4.78, 5) is 32.5. The summed E-state index contributed by atoms with van der Waals surface area (Å²) in [6.07, 6.45) is 0.725.